The Morgan fingerprint density at radius 3 is 2.58 bits per heavy atom. The standard InChI is InChI=1S/C24H23ClN2O3S/c1-29-23-15-19(7-12-22(23)30-17-18-5-3-2-4-6-18)16-26-27-24(28)13-14-31-21-10-8-20(25)9-11-21/h2-12,15-16H,13-14,17H2,1H3,(H,27,28)/b26-16-. The maximum Gasteiger partial charge on any atom is 0.240 e. The van der Waals surface area contributed by atoms with Gasteiger partial charge in [0.1, 0.15) is 6.61 Å². The number of thioether (sulfide) groups is 1. The van der Waals surface area contributed by atoms with Crippen LogP contribution >= 0.6 is 23.4 Å². The second kappa shape index (κ2) is 12.0. The zero-order chi connectivity index (χ0) is 21.9. The smallest absolute Gasteiger partial charge is 0.240 e. The molecular weight excluding hydrogens is 432 g/mol. The molecule has 3 aromatic carbocycles. The molecular formula is C24H23ClN2O3S. The highest BCUT2D eigenvalue weighted by molar-refractivity contribution is 7.99. The summed E-state index contributed by atoms with van der Waals surface area (Å²) in [6.45, 7) is 0.453. The SMILES string of the molecule is COc1cc(/C=N\NC(=O)CCSc2ccc(Cl)cc2)ccc1OCc1ccccc1. The van der Waals surface area contributed by atoms with Crippen LogP contribution in [0, 0.1) is 0 Å². The van der Waals surface area contributed by atoms with Crippen LogP contribution in [0.3, 0.4) is 0 Å². The van der Waals surface area contributed by atoms with E-state index in [9.17, 15) is 4.79 Å². The summed E-state index contributed by atoms with van der Waals surface area (Å²) in [6, 6.07) is 23.0. The van der Waals surface area contributed by atoms with E-state index in [0.717, 1.165) is 16.0 Å². The van der Waals surface area contributed by atoms with Crippen LogP contribution in [-0.4, -0.2) is 25.0 Å². The van der Waals surface area contributed by atoms with Gasteiger partial charge >= 0.3 is 0 Å². The van der Waals surface area contributed by atoms with Gasteiger partial charge in [0.05, 0.1) is 13.3 Å². The second-order valence-electron chi connectivity index (χ2n) is 6.53. The summed E-state index contributed by atoms with van der Waals surface area (Å²) in [5, 5.41) is 4.73. The van der Waals surface area contributed by atoms with E-state index < -0.39 is 0 Å². The molecule has 0 bridgehead atoms. The Kier molecular flexibility index (Phi) is 8.82. The van der Waals surface area contributed by atoms with Crippen LogP contribution in [0.2, 0.25) is 5.02 Å². The summed E-state index contributed by atoms with van der Waals surface area (Å²) >= 11 is 7.46. The summed E-state index contributed by atoms with van der Waals surface area (Å²) in [6.07, 6.45) is 1.94. The second-order valence-corrected chi connectivity index (χ2v) is 8.13. The number of rotatable bonds is 10. The van der Waals surface area contributed by atoms with Crippen LogP contribution in [0.1, 0.15) is 17.5 Å². The molecule has 0 radical (unpaired) electrons. The Morgan fingerprint density at radius 2 is 1.84 bits per heavy atom. The van der Waals surface area contributed by atoms with Crippen molar-refractivity contribution in [3.05, 3.63) is 88.9 Å². The molecule has 0 aliphatic rings. The molecule has 0 atom stereocenters. The number of hydrogen-bond donors (Lipinski definition) is 1. The number of methoxy groups -OCH3 is 1. The molecule has 0 spiro atoms. The lowest BCUT2D eigenvalue weighted by Crippen LogP contribution is -2.17. The van der Waals surface area contributed by atoms with E-state index in [1.54, 1.807) is 25.1 Å². The predicted octanol–water partition coefficient (Wildman–Crippen LogP) is 5.56. The number of carbonyl (C=O) groups is 1. The zero-order valence-corrected chi connectivity index (χ0v) is 18.7. The molecule has 0 fully saturated rings. The summed E-state index contributed by atoms with van der Waals surface area (Å²) in [4.78, 5) is 13.0. The fraction of sp³-hybridized carbons (Fsp3) is 0.167. The van der Waals surface area contributed by atoms with Crippen LogP contribution < -0.4 is 14.9 Å². The third kappa shape index (κ3) is 7.66. The van der Waals surface area contributed by atoms with Crippen molar-refractivity contribution in [1.82, 2.24) is 5.43 Å². The first-order valence-electron chi connectivity index (χ1n) is 9.69. The molecule has 0 aliphatic carbocycles. The fourth-order valence-electron chi connectivity index (χ4n) is 2.65. The molecule has 0 saturated carbocycles. The van der Waals surface area contributed by atoms with E-state index in [4.69, 9.17) is 21.1 Å². The van der Waals surface area contributed by atoms with Gasteiger partial charge in [-0.2, -0.15) is 5.10 Å². The summed E-state index contributed by atoms with van der Waals surface area (Å²) in [5.41, 5.74) is 4.42. The van der Waals surface area contributed by atoms with Crippen molar-refractivity contribution in [2.75, 3.05) is 12.9 Å². The van der Waals surface area contributed by atoms with Crippen molar-refractivity contribution in [2.45, 2.75) is 17.9 Å². The fourth-order valence-corrected chi connectivity index (χ4v) is 3.62. The molecule has 160 valence electrons. The molecule has 0 aromatic heterocycles. The van der Waals surface area contributed by atoms with Gasteiger partial charge in [-0.25, -0.2) is 5.43 Å². The molecule has 7 heteroatoms. The molecule has 1 N–H and O–H groups in total. The van der Waals surface area contributed by atoms with Gasteiger partial charge in [-0.05, 0) is 53.6 Å². The number of ether oxygens (including phenoxy) is 2. The Balaban J connectivity index is 1.46. The molecule has 5 nitrogen and oxygen atoms in total. The van der Waals surface area contributed by atoms with E-state index in [-0.39, 0.29) is 5.91 Å². The topological polar surface area (TPSA) is 59.9 Å². The molecule has 0 aliphatic heterocycles. The van der Waals surface area contributed by atoms with E-state index >= 15 is 0 Å². The lowest BCUT2D eigenvalue weighted by Gasteiger charge is -2.11. The van der Waals surface area contributed by atoms with Crippen molar-refractivity contribution in [1.29, 1.82) is 0 Å². The Bertz CT molecular complexity index is 1010. The maximum absolute atomic E-state index is 12.0. The van der Waals surface area contributed by atoms with Gasteiger partial charge in [0.25, 0.3) is 0 Å². The highest BCUT2D eigenvalue weighted by atomic mass is 35.5. The van der Waals surface area contributed by atoms with Crippen LogP contribution in [0.15, 0.2) is 82.8 Å². The van der Waals surface area contributed by atoms with Crippen molar-refractivity contribution in [2.24, 2.45) is 5.10 Å². The minimum Gasteiger partial charge on any atom is -0.493 e. The lowest BCUT2D eigenvalue weighted by molar-refractivity contribution is -0.120. The summed E-state index contributed by atoms with van der Waals surface area (Å²) in [7, 11) is 1.59. The maximum atomic E-state index is 12.0. The quantitative estimate of drug-likeness (QED) is 0.247. The number of carbonyl (C=O) groups excluding carboxylic acids is 1. The number of hydrazone groups is 1. The summed E-state index contributed by atoms with van der Waals surface area (Å²) in [5.74, 6) is 1.76. The highest BCUT2D eigenvalue weighted by Crippen LogP contribution is 2.28. The third-order valence-electron chi connectivity index (χ3n) is 4.24. The van der Waals surface area contributed by atoms with E-state index in [2.05, 4.69) is 10.5 Å². The van der Waals surface area contributed by atoms with Crippen molar-refractivity contribution < 1.29 is 14.3 Å². The minimum atomic E-state index is -0.146. The number of benzene rings is 3. The Hall–Kier alpha value is -2.96. The van der Waals surface area contributed by atoms with E-state index in [1.165, 1.54) is 0 Å². The van der Waals surface area contributed by atoms with E-state index in [0.29, 0.717) is 35.3 Å². The van der Waals surface area contributed by atoms with Crippen LogP contribution in [0.4, 0.5) is 0 Å². The molecule has 0 unspecified atom stereocenters. The first kappa shape index (κ1) is 22.7. The van der Waals surface area contributed by atoms with Gasteiger partial charge in [-0.3, -0.25) is 4.79 Å². The lowest BCUT2D eigenvalue weighted by atomic mass is 10.2. The average molecular weight is 455 g/mol. The Morgan fingerprint density at radius 1 is 1.06 bits per heavy atom. The normalized spacial score (nSPS) is 10.8. The van der Waals surface area contributed by atoms with Crippen molar-refractivity contribution >= 4 is 35.5 Å². The molecule has 1 amide bonds. The molecule has 3 rings (SSSR count). The summed E-state index contributed by atoms with van der Waals surface area (Å²) < 4.78 is 11.3. The van der Waals surface area contributed by atoms with Crippen molar-refractivity contribution in [3.8, 4) is 11.5 Å². The van der Waals surface area contributed by atoms with Crippen LogP contribution in [-0.2, 0) is 11.4 Å². The zero-order valence-electron chi connectivity index (χ0n) is 17.1. The monoisotopic (exact) mass is 454 g/mol. The van der Waals surface area contributed by atoms with Gasteiger partial charge in [0.15, 0.2) is 11.5 Å². The van der Waals surface area contributed by atoms with Crippen LogP contribution in [0.25, 0.3) is 0 Å². The van der Waals surface area contributed by atoms with Gasteiger partial charge in [0, 0.05) is 22.1 Å². The molecule has 3 aromatic rings. The largest absolute Gasteiger partial charge is 0.493 e. The highest BCUT2D eigenvalue weighted by Gasteiger charge is 2.06. The number of hydrogen-bond acceptors (Lipinski definition) is 5. The number of halogens is 1. The minimum absolute atomic E-state index is 0.146. The molecule has 0 saturated heterocycles. The number of amides is 1. The third-order valence-corrected chi connectivity index (χ3v) is 5.50. The van der Waals surface area contributed by atoms with Crippen molar-refractivity contribution in [3.63, 3.8) is 0 Å². The number of nitrogens with one attached hydrogen (secondary N) is 1. The average Bonchev–Trinajstić information content (AvgIpc) is 2.80. The predicted molar refractivity (Wildman–Crippen MR) is 126 cm³/mol. The first-order chi connectivity index (χ1) is 15.1. The molecule has 31 heavy (non-hydrogen) atoms. The van der Waals surface area contributed by atoms with Gasteiger partial charge in [0.2, 0.25) is 5.91 Å². The van der Waals surface area contributed by atoms with Gasteiger partial charge in [-0.15, -0.1) is 11.8 Å². The van der Waals surface area contributed by atoms with E-state index in [1.807, 2.05) is 72.8 Å². The van der Waals surface area contributed by atoms with Crippen LogP contribution in [0.5, 0.6) is 11.5 Å². The number of nitrogens with zero attached hydrogens (tertiary/aromatic N) is 1. The molecule has 0 heterocycles. The van der Waals surface area contributed by atoms with Gasteiger partial charge < -0.3 is 9.47 Å². The first-order valence-corrected chi connectivity index (χ1v) is 11.1. The van der Waals surface area contributed by atoms with Gasteiger partial charge in [-0.1, -0.05) is 41.9 Å². The Labute approximate surface area is 191 Å².